The van der Waals surface area contributed by atoms with E-state index in [1.165, 1.54) is 17.7 Å². The van der Waals surface area contributed by atoms with Gasteiger partial charge in [0.1, 0.15) is 6.04 Å². The van der Waals surface area contributed by atoms with Crippen LogP contribution in [0.2, 0.25) is 15.1 Å². The number of halogens is 3. The Hall–Kier alpha value is -3.79. The SMILES string of the molecule is COC(=O)C(CNC(=O)N[C@@H]1CCc2ccccc21)NC(=O)c1c(Cl)ccc(NC(=O)Cc2cccc(Cl)c2)c1Cl. The molecule has 0 aliphatic heterocycles. The third-order valence-electron chi connectivity index (χ3n) is 6.54. The highest BCUT2D eigenvalue weighted by molar-refractivity contribution is 6.41. The van der Waals surface area contributed by atoms with Gasteiger partial charge in [-0.15, -0.1) is 0 Å². The van der Waals surface area contributed by atoms with Crippen molar-refractivity contribution in [1.29, 1.82) is 0 Å². The molecule has 4 rings (SSSR count). The third-order valence-corrected chi connectivity index (χ3v) is 7.48. The number of nitrogens with one attached hydrogen (secondary N) is 4. The molecule has 0 saturated carbocycles. The number of anilines is 1. The zero-order valence-corrected chi connectivity index (χ0v) is 24.2. The van der Waals surface area contributed by atoms with Gasteiger partial charge in [0, 0.05) is 5.02 Å². The predicted molar refractivity (Wildman–Crippen MR) is 158 cm³/mol. The Balaban J connectivity index is 1.40. The van der Waals surface area contributed by atoms with Gasteiger partial charge in [-0.05, 0) is 53.8 Å². The maximum Gasteiger partial charge on any atom is 0.330 e. The highest BCUT2D eigenvalue weighted by Gasteiger charge is 2.28. The fraction of sp³-hybridized carbons (Fsp3) is 0.241. The van der Waals surface area contributed by atoms with E-state index >= 15 is 0 Å². The van der Waals surface area contributed by atoms with Gasteiger partial charge in [-0.25, -0.2) is 9.59 Å². The molecule has 1 unspecified atom stereocenters. The zero-order chi connectivity index (χ0) is 29.5. The van der Waals surface area contributed by atoms with Crippen LogP contribution in [0.4, 0.5) is 10.5 Å². The molecule has 3 aromatic carbocycles. The molecule has 214 valence electrons. The van der Waals surface area contributed by atoms with Crippen LogP contribution in [0.5, 0.6) is 0 Å². The smallest absolute Gasteiger partial charge is 0.330 e. The van der Waals surface area contributed by atoms with Gasteiger partial charge < -0.3 is 26.0 Å². The number of carbonyl (C=O) groups excluding carboxylic acids is 4. The van der Waals surface area contributed by atoms with Crippen LogP contribution in [0.25, 0.3) is 0 Å². The van der Waals surface area contributed by atoms with Crippen molar-refractivity contribution >= 4 is 64.3 Å². The largest absolute Gasteiger partial charge is 0.467 e. The normalized spacial score (nSPS) is 14.4. The van der Waals surface area contributed by atoms with Crippen LogP contribution in [-0.2, 0) is 27.2 Å². The van der Waals surface area contributed by atoms with Gasteiger partial charge in [0.15, 0.2) is 0 Å². The van der Waals surface area contributed by atoms with Gasteiger partial charge >= 0.3 is 12.0 Å². The first-order valence-corrected chi connectivity index (χ1v) is 13.8. The van der Waals surface area contributed by atoms with Gasteiger partial charge in [0.25, 0.3) is 5.91 Å². The summed E-state index contributed by atoms with van der Waals surface area (Å²) in [5.41, 5.74) is 2.90. The Morgan fingerprint density at radius 3 is 2.54 bits per heavy atom. The zero-order valence-electron chi connectivity index (χ0n) is 21.9. The Morgan fingerprint density at radius 1 is 1.00 bits per heavy atom. The number of aryl methyl sites for hydroxylation is 1. The number of hydrogen-bond donors (Lipinski definition) is 4. The van der Waals surface area contributed by atoms with E-state index in [1.54, 1.807) is 24.3 Å². The van der Waals surface area contributed by atoms with Crippen molar-refractivity contribution in [1.82, 2.24) is 16.0 Å². The molecule has 4 N–H and O–H groups in total. The summed E-state index contributed by atoms with van der Waals surface area (Å²) in [6, 6.07) is 15.6. The quantitative estimate of drug-likeness (QED) is 0.249. The number of rotatable bonds is 9. The highest BCUT2D eigenvalue weighted by Crippen LogP contribution is 2.32. The van der Waals surface area contributed by atoms with Gasteiger partial charge in [-0.3, -0.25) is 9.59 Å². The van der Waals surface area contributed by atoms with E-state index in [1.807, 2.05) is 24.3 Å². The van der Waals surface area contributed by atoms with Crippen LogP contribution in [0.1, 0.15) is 39.5 Å². The number of methoxy groups -OCH3 is 1. The van der Waals surface area contributed by atoms with Crippen LogP contribution in [0, 0.1) is 0 Å². The van der Waals surface area contributed by atoms with Crippen LogP contribution in [0.15, 0.2) is 60.7 Å². The summed E-state index contributed by atoms with van der Waals surface area (Å²) >= 11 is 18.7. The summed E-state index contributed by atoms with van der Waals surface area (Å²) in [5.74, 6) is -1.98. The maximum absolute atomic E-state index is 13.2. The Kier molecular flexibility index (Phi) is 10.1. The fourth-order valence-electron chi connectivity index (χ4n) is 4.56. The van der Waals surface area contributed by atoms with Crippen LogP contribution in [0.3, 0.4) is 0 Å². The number of benzene rings is 3. The second-order valence-corrected chi connectivity index (χ2v) is 10.6. The van der Waals surface area contributed by atoms with Gasteiger partial charge in [0.05, 0.1) is 47.4 Å². The molecule has 2 atom stereocenters. The second-order valence-electron chi connectivity index (χ2n) is 9.33. The Bertz CT molecular complexity index is 1480. The minimum atomic E-state index is -1.25. The maximum atomic E-state index is 13.2. The highest BCUT2D eigenvalue weighted by atomic mass is 35.5. The van der Waals surface area contributed by atoms with E-state index in [0.717, 1.165) is 25.5 Å². The van der Waals surface area contributed by atoms with Gasteiger partial charge in [-0.1, -0.05) is 71.2 Å². The summed E-state index contributed by atoms with van der Waals surface area (Å²) < 4.78 is 4.81. The molecule has 3 aromatic rings. The summed E-state index contributed by atoms with van der Waals surface area (Å²) in [4.78, 5) is 50.9. The lowest BCUT2D eigenvalue weighted by Crippen LogP contribution is -2.51. The van der Waals surface area contributed by atoms with Crippen molar-refractivity contribution in [3.63, 3.8) is 0 Å². The fourth-order valence-corrected chi connectivity index (χ4v) is 5.36. The van der Waals surface area contributed by atoms with E-state index in [9.17, 15) is 19.2 Å². The van der Waals surface area contributed by atoms with E-state index < -0.39 is 29.9 Å². The Labute approximate surface area is 251 Å². The van der Waals surface area contributed by atoms with Gasteiger partial charge in [-0.2, -0.15) is 0 Å². The first-order chi connectivity index (χ1) is 19.7. The lowest BCUT2D eigenvalue weighted by Gasteiger charge is -2.20. The molecule has 0 saturated heterocycles. The molecular formula is C29H27Cl3N4O5. The molecule has 9 nitrogen and oxygen atoms in total. The molecule has 1 aliphatic rings. The van der Waals surface area contributed by atoms with Crippen molar-refractivity contribution in [2.45, 2.75) is 31.3 Å². The van der Waals surface area contributed by atoms with Gasteiger partial charge in [0.2, 0.25) is 5.91 Å². The summed E-state index contributed by atoms with van der Waals surface area (Å²) in [5, 5.41) is 11.0. The van der Waals surface area contributed by atoms with Crippen molar-refractivity contribution in [2.24, 2.45) is 0 Å². The summed E-state index contributed by atoms with van der Waals surface area (Å²) in [6.45, 7) is -0.260. The van der Waals surface area contributed by atoms with E-state index in [2.05, 4.69) is 21.3 Å². The number of carbonyl (C=O) groups is 4. The third kappa shape index (κ3) is 7.70. The molecule has 41 heavy (non-hydrogen) atoms. The number of hydrogen-bond acceptors (Lipinski definition) is 5. The number of urea groups is 1. The van der Waals surface area contributed by atoms with E-state index in [0.29, 0.717) is 10.6 Å². The summed E-state index contributed by atoms with van der Waals surface area (Å²) in [7, 11) is 1.16. The monoisotopic (exact) mass is 616 g/mol. The molecule has 4 amide bonds. The van der Waals surface area contributed by atoms with Crippen molar-refractivity contribution in [3.8, 4) is 0 Å². The number of ether oxygens (including phenoxy) is 1. The van der Waals surface area contributed by atoms with Crippen molar-refractivity contribution in [3.05, 3.63) is 98.0 Å². The number of amides is 4. The molecule has 0 heterocycles. The average molecular weight is 618 g/mol. The van der Waals surface area contributed by atoms with Crippen molar-refractivity contribution < 1.29 is 23.9 Å². The molecule has 12 heteroatoms. The lowest BCUT2D eigenvalue weighted by molar-refractivity contribution is -0.142. The number of esters is 1. The topological polar surface area (TPSA) is 126 Å². The molecule has 0 radical (unpaired) electrons. The van der Waals surface area contributed by atoms with Crippen molar-refractivity contribution in [2.75, 3.05) is 19.0 Å². The number of fused-ring (bicyclic) bond motifs is 1. The molecular weight excluding hydrogens is 591 g/mol. The minimum Gasteiger partial charge on any atom is -0.467 e. The van der Waals surface area contributed by atoms with Crippen LogP contribution >= 0.6 is 34.8 Å². The standard InChI is InChI=1S/C29H27Cl3N4O5/c1-41-28(39)23(15-33-29(40)36-21-11-9-17-6-2-3-8-19(17)21)35-27(38)25-20(31)10-12-22(26(25)32)34-24(37)14-16-5-4-7-18(30)13-16/h2-8,10,12-13,21,23H,9,11,14-15H2,1H3,(H,34,37)(H,35,38)(H2,33,36,40)/t21-,23?/m1/s1. The lowest BCUT2D eigenvalue weighted by atomic mass is 10.1. The molecule has 0 spiro atoms. The predicted octanol–water partition coefficient (Wildman–Crippen LogP) is 5.09. The van der Waals surface area contributed by atoms with E-state index in [4.69, 9.17) is 39.5 Å². The molecule has 0 bridgehead atoms. The first kappa shape index (κ1) is 30.2. The molecule has 0 aromatic heterocycles. The minimum absolute atomic E-state index is 0.00504. The molecule has 0 fully saturated rings. The molecule has 1 aliphatic carbocycles. The Morgan fingerprint density at radius 2 is 1.78 bits per heavy atom. The second kappa shape index (κ2) is 13.7. The van der Waals surface area contributed by atoms with E-state index in [-0.39, 0.29) is 40.3 Å². The van der Waals surface area contributed by atoms with Crippen LogP contribution < -0.4 is 21.3 Å². The first-order valence-electron chi connectivity index (χ1n) is 12.7. The summed E-state index contributed by atoms with van der Waals surface area (Å²) in [6.07, 6.45) is 1.63. The average Bonchev–Trinajstić information content (AvgIpc) is 3.34. The van der Waals surface area contributed by atoms with Crippen LogP contribution in [-0.4, -0.2) is 43.5 Å².